The Labute approximate surface area is 147 Å². The molecule has 4 N–H and O–H groups in total. The summed E-state index contributed by atoms with van der Waals surface area (Å²) in [6.07, 6.45) is 0.276. The van der Waals surface area contributed by atoms with Crippen molar-refractivity contribution in [3.63, 3.8) is 0 Å². The minimum absolute atomic E-state index is 0.0586. The van der Waals surface area contributed by atoms with E-state index in [-0.39, 0.29) is 5.91 Å². The molecule has 0 spiro atoms. The lowest BCUT2D eigenvalue weighted by atomic mass is 9.88. The molecule has 0 bridgehead atoms. The van der Waals surface area contributed by atoms with Crippen LogP contribution in [0, 0.1) is 0 Å². The second-order valence-corrected chi connectivity index (χ2v) is 6.51. The van der Waals surface area contributed by atoms with Gasteiger partial charge in [-0.25, -0.2) is 0 Å². The lowest BCUT2D eigenvalue weighted by Gasteiger charge is -2.32. The summed E-state index contributed by atoms with van der Waals surface area (Å²) in [6, 6.07) is 14.9. The first-order valence-corrected chi connectivity index (χ1v) is 8.62. The first-order valence-electron chi connectivity index (χ1n) is 8.62. The van der Waals surface area contributed by atoms with Crippen molar-refractivity contribution in [2.45, 2.75) is 31.6 Å². The number of aliphatic hydroxyl groups excluding tert-OH is 1. The molecule has 0 aromatic heterocycles. The van der Waals surface area contributed by atoms with Crippen molar-refractivity contribution in [3.05, 3.63) is 70.8 Å². The van der Waals surface area contributed by atoms with Crippen LogP contribution in [0.3, 0.4) is 0 Å². The zero-order valence-electron chi connectivity index (χ0n) is 14.1. The van der Waals surface area contributed by atoms with Gasteiger partial charge in [0, 0.05) is 30.8 Å². The highest BCUT2D eigenvalue weighted by molar-refractivity contribution is 5.94. The van der Waals surface area contributed by atoms with Gasteiger partial charge in [-0.1, -0.05) is 36.4 Å². The standard InChI is InChI=1S/C20H24N2O3/c21-13-14-3-1-4-16(11-14)15-7-9-22(10-8-15)19(23)17-5-2-6-18(12-17)20(24)25/h1-6,11-12,15,20,24-25H,7-10,13,21H2. The number of hydrogen-bond acceptors (Lipinski definition) is 4. The Morgan fingerprint density at radius 1 is 1.12 bits per heavy atom. The van der Waals surface area contributed by atoms with Gasteiger partial charge in [0.1, 0.15) is 0 Å². The SMILES string of the molecule is NCc1cccc(C2CCN(C(=O)c3cccc(C(O)O)c3)CC2)c1. The average Bonchev–Trinajstić information content (AvgIpc) is 2.67. The zero-order chi connectivity index (χ0) is 17.8. The molecule has 1 saturated heterocycles. The van der Waals surface area contributed by atoms with Crippen LogP contribution in [0.5, 0.6) is 0 Å². The number of carbonyl (C=O) groups excluding carboxylic acids is 1. The molecule has 5 heteroatoms. The van der Waals surface area contributed by atoms with Crippen molar-refractivity contribution >= 4 is 5.91 Å². The van der Waals surface area contributed by atoms with E-state index in [1.165, 1.54) is 5.56 Å². The Morgan fingerprint density at radius 3 is 2.52 bits per heavy atom. The highest BCUT2D eigenvalue weighted by Gasteiger charge is 2.25. The molecule has 0 atom stereocenters. The number of piperidine rings is 1. The van der Waals surface area contributed by atoms with E-state index >= 15 is 0 Å². The highest BCUT2D eigenvalue weighted by atomic mass is 16.5. The van der Waals surface area contributed by atoms with Gasteiger partial charge in [0.25, 0.3) is 5.91 Å². The van der Waals surface area contributed by atoms with Crippen LogP contribution in [0.25, 0.3) is 0 Å². The number of carbonyl (C=O) groups is 1. The summed E-state index contributed by atoms with van der Waals surface area (Å²) in [5, 5.41) is 18.5. The Kier molecular flexibility index (Phi) is 5.48. The van der Waals surface area contributed by atoms with Crippen molar-refractivity contribution in [1.82, 2.24) is 4.90 Å². The minimum Gasteiger partial charge on any atom is -0.364 e. The fourth-order valence-corrected chi connectivity index (χ4v) is 3.40. The number of nitrogens with two attached hydrogens (primary N) is 1. The molecule has 0 aliphatic carbocycles. The molecule has 5 nitrogen and oxygen atoms in total. The molecule has 0 saturated carbocycles. The maximum Gasteiger partial charge on any atom is 0.253 e. The summed E-state index contributed by atoms with van der Waals surface area (Å²) in [5.74, 6) is 0.387. The molecule has 1 aliphatic rings. The topological polar surface area (TPSA) is 86.8 Å². The van der Waals surface area contributed by atoms with Crippen molar-refractivity contribution in [2.24, 2.45) is 5.73 Å². The van der Waals surface area contributed by atoms with E-state index in [4.69, 9.17) is 5.73 Å². The van der Waals surface area contributed by atoms with E-state index in [9.17, 15) is 15.0 Å². The lowest BCUT2D eigenvalue weighted by molar-refractivity contribution is -0.0425. The van der Waals surface area contributed by atoms with E-state index in [1.807, 2.05) is 17.0 Å². The molecule has 3 rings (SSSR count). The van der Waals surface area contributed by atoms with Crippen LogP contribution in [-0.4, -0.2) is 34.1 Å². The van der Waals surface area contributed by atoms with Gasteiger partial charge in [0.15, 0.2) is 6.29 Å². The third-order valence-corrected chi connectivity index (χ3v) is 4.87. The third-order valence-electron chi connectivity index (χ3n) is 4.87. The number of likely N-dealkylation sites (tertiary alicyclic amines) is 1. The van der Waals surface area contributed by atoms with Gasteiger partial charge in [-0.2, -0.15) is 0 Å². The minimum atomic E-state index is -1.56. The summed E-state index contributed by atoms with van der Waals surface area (Å²) in [5.41, 5.74) is 8.97. The van der Waals surface area contributed by atoms with Gasteiger partial charge in [-0.15, -0.1) is 0 Å². The second kappa shape index (κ2) is 7.78. The van der Waals surface area contributed by atoms with Gasteiger partial charge in [-0.3, -0.25) is 4.79 Å². The van der Waals surface area contributed by atoms with Crippen LogP contribution in [0.4, 0.5) is 0 Å². The Balaban J connectivity index is 1.65. The van der Waals surface area contributed by atoms with Crippen LogP contribution in [-0.2, 0) is 6.54 Å². The molecule has 0 unspecified atom stereocenters. The molecule has 132 valence electrons. The van der Waals surface area contributed by atoms with Crippen LogP contribution < -0.4 is 5.73 Å². The van der Waals surface area contributed by atoms with Crippen molar-refractivity contribution in [1.29, 1.82) is 0 Å². The summed E-state index contributed by atoms with van der Waals surface area (Å²) in [4.78, 5) is 14.5. The molecule has 2 aromatic rings. The smallest absolute Gasteiger partial charge is 0.253 e. The van der Waals surface area contributed by atoms with Gasteiger partial charge in [0.2, 0.25) is 0 Å². The largest absolute Gasteiger partial charge is 0.364 e. The summed E-state index contributed by atoms with van der Waals surface area (Å²) < 4.78 is 0. The predicted molar refractivity (Wildman–Crippen MR) is 95.8 cm³/mol. The zero-order valence-corrected chi connectivity index (χ0v) is 14.1. The maximum absolute atomic E-state index is 12.7. The Morgan fingerprint density at radius 2 is 1.84 bits per heavy atom. The maximum atomic E-state index is 12.7. The lowest BCUT2D eigenvalue weighted by Crippen LogP contribution is -2.38. The molecular formula is C20H24N2O3. The van der Waals surface area contributed by atoms with E-state index in [2.05, 4.69) is 12.1 Å². The second-order valence-electron chi connectivity index (χ2n) is 6.51. The molecule has 1 heterocycles. The van der Waals surface area contributed by atoms with E-state index in [0.717, 1.165) is 18.4 Å². The van der Waals surface area contributed by atoms with Gasteiger partial charge >= 0.3 is 0 Å². The highest BCUT2D eigenvalue weighted by Crippen LogP contribution is 2.29. The van der Waals surface area contributed by atoms with Crippen molar-refractivity contribution < 1.29 is 15.0 Å². The van der Waals surface area contributed by atoms with Crippen LogP contribution in [0.2, 0.25) is 0 Å². The van der Waals surface area contributed by atoms with Gasteiger partial charge in [-0.05, 0) is 42.0 Å². The first-order chi connectivity index (χ1) is 12.1. The molecule has 1 amide bonds. The molecular weight excluding hydrogens is 316 g/mol. The monoisotopic (exact) mass is 340 g/mol. The number of amides is 1. The van der Waals surface area contributed by atoms with Crippen LogP contribution >= 0.6 is 0 Å². The number of benzene rings is 2. The third kappa shape index (κ3) is 4.07. The Hall–Kier alpha value is -2.21. The number of hydrogen-bond donors (Lipinski definition) is 3. The number of rotatable bonds is 4. The summed E-state index contributed by atoms with van der Waals surface area (Å²) >= 11 is 0. The van der Waals surface area contributed by atoms with Crippen LogP contribution in [0.15, 0.2) is 48.5 Å². The molecule has 25 heavy (non-hydrogen) atoms. The summed E-state index contributed by atoms with van der Waals surface area (Å²) in [7, 11) is 0. The van der Waals surface area contributed by atoms with Gasteiger partial charge < -0.3 is 20.8 Å². The normalized spacial score (nSPS) is 15.6. The molecule has 2 aromatic carbocycles. The average molecular weight is 340 g/mol. The van der Waals surface area contributed by atoms with Crippen LogP contribution in [0.1, 0.15) is 52.1 Å². The van der Waals surface area contributed by atoms with E-state index in [0.29, 0.717) is 36.7 Å². The summed E-state index contributed by atoms with van der Waals surface area (Å²) in [6.45, 7) is 1.93. The fourth-order valence-electron chi connectivity index (χ4n) is 3.40. The van der Waals surface area contributed by atoms with E-state index in [1.54, 1.807) is 24.3 Å². The number of nitrogens with zero attached hydrogens (tertiary/aromatic N) is 1. The molecule has 0 radical (unpaired) electrons. The number of aliphatic hydroxyl groups is 2. The quantitative estimate of drug-likeness (QED) is 0.744. The van der Waals surface area contributed by atoms with Crippen molar-refractivity contribution in [3.8, 4) is 0 Å². The van der Waals surface area contributed by atoms with E-state index < -0.39 is 6.29 Å². The Bertz CT molecular complexity index is 737. The van der Waals surface area contributed by atoms with Crippen molar-refractivity contribution in [2.75, 3.05) is 13.1 Å². The molecule has 1 fully saturated rings. The molecule has 1 aliphatic heterocycles. The fraction of sp³-hybridized carbons (Fsp3) is 0.350. The first kappa shape index (κ1) is 17.6. The predicted octanol–water partition coefficient (Wildman–Crippen LogP) is 2.15. The van der Waals surface area contributed by atoms with Gasteiger partial charge in [0.05, 0.1) is 0 Å².